The molecule has 0 saturated heterocycles. The monoisotopic (exact) mass is 640 g/mol. The van der Waals surface area contributed by atoms with Gasteiger partial charge in [-0.3, -0.25) is 9.59 Å². The van der Waals surface area contributed by atoms with Gasteiger partial charge in [0.05, 0.1) is 0 Å². The van der Waals surface area contributed by atoms with Gasteiger partial charge < -0.3 is 13.6 Å². The third kappa shape index (κ3) is 9.60. The molecule has 45 heavy (non-hydrogen) atoms. The molecule has 0 amide bonds. The van der Waals surface area contributed by atoms with Crippen LogP contribution < -0.4 is 4.43 Å². The zero-order valence-electron chi connectivity index (χ0n) is 27.9. The first kappa shape index (κ1) is 35.7. The quantitative estimate of drug-likeness (QED) is 0.123. The number of hydrogen-bond donors (Lipinski definition) is 1. The zero-order valence-corrected chi connectivity index (χ0v) is 30.0. The fourth-order valence-corrected chi connectivity index (χ4v) is 15.5. The van der Waals surface area contributed by atoms with Crippen LogP contribution in [0.3, 0.4) is 0 Å². The van der Waals surface area contributed by atoms with Crippen molar-refractivity contribution in [2.75, 3.05) is 0 Å². The molecule has 0 aromatic heterocycles. The van der Waals surface area contributed by atoms with E-state index in [0.29, 0.717) is 44.4 Å². The summed E-state index contributed by atoms with van der Waals surface area (Å²) < 4.78 is 13.8. The van der Waals surface area contributed by atoms with Crippen LogP contribution in [-0.2, 0) is 4.12 Å². The minimum atomic E-state index is -2.51. The lowest BCUT2D eigenvalue weighted by Crippen LogP contribution is -2.55. The lowest BCUT2D eigenvalue weighted by molar-refractivity contribution is 0.103. The van der Waals surface area contributed by atoms with E-state index in [1.165, 1.54) is 12.1 Å². The molecule has 0 atom stereocenters. The van der Waals surface area contributed by atoms with E-state index < -0.39 is 17.6 Å². The van der Waals surface area contributed by atoms with Crippen molar-refractivity contribution in [3.8, 4) is 11.5 Å². The summed E-state index contributed by atoms with van der Waals surface area (Å²) in [6.45, 7) is 18.0. The van der Waals surface area contributed by atoms with Gasteiger partial charge >= 0.3 is 8.56 Å². The van der Waals surface area contributed by atoms with Crippen molar-refractivity contribution in [3.63, 3.8) is 0 Å². The normalized spacial score (nSPS) is 11.6. The van der Waals surface area contributed by atoms with Gasteiger partial charge in [0.25, 0.3) is 0 Å². The number of phenols is 1. The van der Waals surface area contributed by atoms with Gasteiger partial charge in [-0.15, -0.1) is 0 Å². The molecule has 4 aromatic rings. The maximum atomic E-state index is 12.7. The van der Waals surface area contributed by atoms with E-state index in [9.17, 15) is 9.59 Å². The van der Waals surface area contributed by atoms with Crippen molar-refractivity contribution in [3.05, 3.63) is 131 Å². The summed E-state index contributed by atoms with van der Waals surface area (Å²) in [6.07, 6.45) is 0. The van der Waals surface area contributed by atoms with E-state index in [1.54, 1.807) is 24.3 Å². The highest BCUT2D eigenvalue weighted by Gasteiger charge is 2.49. The van der Waals surface area contributed by atoms with Crippen LogP contribution >= 0.6 is 0 Å². The zero-order chi connectivity index (χ0) is 33.1. The Labute approximate surface area is 272 Å². The average molecular weight is 641 g/mol. The smallest absolute Gasteiger partial charge is 0.393 e. The predicted octanol–water partition coefficient (Wildman–Crippen LogP) is 9.74. The molecule has 4 aromatic carbocycles. The minimum Gasteiger partial charge on any atom is -0.520 e. The third-order valence-corrected chi connectivity index (χ3v) is 16.8. The fourth-order valence-electron chi connectivity index (χ4n) is 5.44. The average Bonchev–Trinajstić information content (AvgIpc) is 3.03. The van der Waals surface area contributed by atoms with Crippen molar-refractivity contribution < 1.29 is 23.2 Å². The summed E-state index contributed by atoms with van der Waals surface area (Å²) in [7, 11) is -3.95. The molecule has 0 unspecified atom stereocenters. The summed E-state index contributed by atoms with van der Waals surface area (Å²) in [4.78, 5) is 24.6. The van der Waals surface area contributed by atoms with E-state index >= 15 is 0 Å². The molecule has 0 fully saturated rings. The van der Waals surface area contributed by atoms with Crippen LogP contribution in [0.2, 0.25) is 22.2 Å². The Bertz CT molecular complexity index is 1470. The first-order chi connectivity index (χ1) is 21.4. The molecule has 5 nitrogen and oxygen atoms in total. The van der Waals surface area contributed by atoms with Crippen molar-refractivity contribution in [1.29, 1.82) is 0 Å². The molecule has 238 valence electrons. The van der Waals surface area contributed by atoms with Gasteiger partial charge in [-0.1, -0.05) is 116 Å². The topological polar surface area (TPSA) is 72.8 Å². The Balaban J connectivity index is 0.000000305. The number of carbonyl (C=O) groups excluding carboxylic acids is 2. The van der Waals surface area contributed by atoms with Crippen LogP contribution in [0.15, 0.2) is 109 Å². The van der Waals surface area contributed by atoms with Gasteiger partial charge in [-0.2, -0.15) is 0 Å². The van der Waals surface area contributed by atoms with E-state index in [4.69, 9.17) is 13.6 Å². The summed E-state index contributed by atoms with van der Waals surface area (Å²) in [5.41, 5.74) is 4.39. The van der Waals surface area contributed by atoms with Gasteiger partial charge in [0.2, 0.25) is 0 Å². The van der Waals surface area contributed by atoms with Crippen LogP contribution in [0.4, 0.5) is 0 Å². The van der Waals surface area contributed by atoms with Crippen LogP contribution in [0.25, 0.3) is 0 Å². The number of benzene rings is 4. The molecule has 0 spiro atoms. The maximum Gasteiger partial charge on any atom is 0.393 e. The van der Waals surface area contributed by atoms with E-state index in [2.05, 4.69) is 55.4 Å². The standard InChI is InChI=1S/C25H38O3Si2.C13H10O2/c1-18(2)29(19(3)4)28-30(20(5)6,21(7)8)27-24-16-14-23(15-17-24)25(26)22-12-10-9-11-13-22;14-12-8-6-11(7-9-12)13(15)10-4-2-1-3-5-10/h9-21,29H,1-8H3;1-9,14H. The molecule has 7 heteroatoms. The lowest BCUT2D eigenvalue weighted by Gasteiger charge is -2.42. The number of hydrogen-bond acceptors (Lipinski definition) is 5. The van der Waals surface area contributed by atoms with E-state index in [0.717, 1.165) is 5.75 Å². The lowest BCUT2D eigenvalue weighted by atomic mass is 10.0. The Kier molecular flexibility index (Phi) is 13.1. The van der Waals surface area contributed by atoms with Gasteiger partial charge in [0.1, 0.15) is 11.5 Å². The van der Waals surface area contributed by atoms with Crippen molar-refractivity contribution in [2.24, 2.45) is 0 Å². The Hall–Kier alpha value is -3.79. The predicted molar refractivity (Wildman–Crippen MR) is 189 cm³/mol. The minimum absolute atomic E-state index is 0.0294. The number of ketones is 2. The molecule has 0 radical (unpaired) electrons. The highest BCUT2D eigenvalue weighted by atomic mass is 28.4. The summed E-state index contributed by atoms with van der Waals surface area (Å²) >= 11 is 0. The van der Waals surface area contributed by atoms with Gasteiger partial charge in [-0.05, 0) is 59.6 Å². The Morgan fingerprint density at radius 3 is 1.27 bits per heavy atom. The van der Waals surface area contributed by atoms with Crippen molar-refractivity contribution >= 4 is 29.2 Å². The van der Waals surface area contributed by atoms with E-state index in [1.807, 2.05) is 72.8 Å². The van der Waals surface area contributed by atoms with Crippen molar-refractivity contribution in [1.82, 2.24) is 0 Å². The molecule has 0 aliphatic rings. The molecule has 0 aliphatic heterocycles. The van der Waals surface area contributed by atoms with Crippen LogP contribution in [0, 0.1) is 0 Å². The van der Waals surface area contributed by atoms with Gasteiger partial charge in [0, 0.05) is 33.3 Å². The number of carbonyl (C=O) groups is 2. The molecule has 0 aliphatic carbocycles. The molecule has 0 saturated carbocycles. The van der Waals surface area contributed by atoms with Crippen LogP contribution in [0.1, 0.15) is 87.2 Å². The second-order valence-corrected chi connectivity index (χ2v) is 21.2. The Morgan fingerprint density at radius 1 is 0.556 bits per heavy atom. The van der Waals surface area contributed by atoms with Gasteiger partial charge in [0.15, 0.2) is 20.6 Å². The molecule has 4 rings (SSSR count). The first-order valence-electron chi connectivity index (χ1n) is 15.8. The number of phenolic OH excluding ortho intramolecular Hbond substituents is 1. The molecular weight excluding hydrogens is 593 g/mol. The van der Waals surface area contributed by atoms with Gasteiger partial charge in [-0.25, -0.2) is 0 Å². The molecule has 0 heterocycles. The third-order valence-electron chi connectivity index (χ3n) is 7.84. The maximum absolute atomic E-state index is 12.7. The first-order valence-corrected chi connectivity index (χ1v) is 19.6. The highest BCUT2D eigenvalue weighted by molar-refractivity contribution is 6.78. The SMILES string of the molecule is CC(C)[SiH](O[Si](Oc1ccc(C(=O)c2ccccc2)cc1)(C(C)C)C(C)C)C(C)C.O=C(c1ccccc1)c1ccc(O)cc1. The number of aromatic hydroxyl groups is 1. The Morgan fingerprint density at radius 2 is 0.911 bits per heavy atom. The van der Waals surface area contributed by atoms with Crippen LogP contribution in [-0.4, -0.2) is 34.3 Å². The number of rotatable bonds is 12. The fraction of sp³-hybridized carbons (Fsp3) is 0.316. The molecule has 1 N–H and O–H groups in total. The van der Waals surface area contributed by atoms with Crippen molar-refractivity contribution in [2.45, 2.75) is 77.6 Å². The second kappa shape index (κ2) is 16.5. The van der Waals surface area contributed by atoms with E-state index in [-0.39, 0.29) is 17.3 Å². The highest BCUT2D eigenvalue weighted by Crippen LogP contribution is 2.39. The second-order valence-electron chi connectivity index (χ2n) is 12.7. The largest absolute Gasteiger partial charge is 0.520 e. The summed E-state index contributed by atoms with van der Waals surface area (Å²) in [6, 6.07) is 32.3. The molecular formula is C38H48O5Si2. The summed E-state index contributed by atoms with van der Waals surface area (Å²) in [5.74, 6) is 0.964. The molecule has 0 bridgehead atoms. The summed E-state index contributed by atoms with van der Waals surface area (Å²) in [5, 5.41) is 9.10. The van der Waals surface area contributed by atoms with Crippen LogP contribution in [0.5, 0.6) is 11.5 Å².